The molecule has 5 rings (SSSR count). The van der Waals surface area contributed by atoms with Gasteiger partial charge in [-0.2, -0.15) is 0 Å². The molecule has 0 radical (unpaired) electrons. The Morgan fingerprint density at radius 2 is 2.00 bits per heavy atom. The molecule has 2 aliphatic rings. The predicted octanol–water partition coefficient (Wildman–Crippen LogP) is 5.33. The van der Waals surface area contributed by atoms with Gasteiger partial charge < -0.3 is 19.1 Å². The van der Waals surface area contributed by atoms with Gasteiger partial charge in [-0.1, -0.05) is 11.6 Å². The lowest BCUT2D eigenvalue weighted by Gasteiger charge is -2.26. The predicted molar refractivity (Wildman–Crippen MR) is 148 cm³/mol. The maximum Gasteiger partial charge on any atom is 0.325 e. The van der Waals surface area contributed by atoms with E-state index in [1.54, 1.807) is 40.9 Å². The summed E-state index contributed by atoms with van der Waals surface area (Å²) in [5.74, 6) is 1.40. The van der Waals surface area contributed by atoms with Gasteiger partial charge in [-0.05, 0) is 52.0 Å². The van der Waals surface area contributed by atoms with Crippen LogP contribution >= 0.6 is 11.6 Å². The van der Waals surface area contributed by atoms with E-state index in [0.29, 0.717) is 58.8 Å². The van der Waals surface area contributed by atoms with E-state index in [9.17, 15) is 9.59 Å². The smallest absolute Gasteiger partial charge is 0.325 e. The molecule has 1 atom stereocenters. The highest BCUT2D eigenvalue weighted by atomic mass is 35.5. The number of carbonyl (C=O) groups is 2. The van der Waals surface area contributed by atoms with Crippen LogP contribution in [-0.4, -0.2) is 71.1 Å². The highest BCUT2D eigenvalue weighted by Gasteiger charge is 2.32. The third-order valence-electron chi connectivity index (χ3n) is 7.00. The third-order valence-corrected chi connectivity index (χ3v) is 7.21. The molecule has 0 spiro atoms. The van der Waals surface area contributed by atoms with Crippen molar-refractivity contribution < 1.29 is 23.8 Å². The van der Waals surface area contributed by atoms with Crippen LogP contribution in [0.4, 0.5) is 10.6 Å². The van der Waals surface area contributed by atoms with Gasteiger partial charge in [0.25, 0.3) is 0 Å². The van der Waals surface area contributed by atoms with Gasteiger partial charge in [0.2, 0.25) is 0 Å². The van der Waals surface area contributed by atoms with Crippen LogP contribution < -0.4 is 14.4 Å². The number of fused-ring (bicyclic) bond motifs is 2. The van der Waals surface area contributed by atoms with E-state index in [0.717, 1.165) is 24.8 Å². The minimum absolute atomic E-state index is 0.0839. The van der Waals surface area contributed by atoms with Crippen molar-refractivity contribution in [2.45, 2.75) is 58.0 Å². The molecule has 39 heavy (non-hydrogen) atoms. The number of benzene rings is 1. The Hall–Kier alpha value is -3.53. The zero-order chi connectivity index (χ0) is 27.9. The number of esters is 1. The largest absolute Gasteiger partial charge is 0.494 e. The van der Waals surface area contributed by atoms with E-state index in [1.165, 1.54) is 0 Å². The van der Waals surface area contributed by atoms with Gasteiger partial charge in [-0.25, -0.2) is 14.5 Å². The van der Waals surface area contributed by atoms with Crippen LogP contribution in [0.2, 0.25) is 5.15 Å². The fourth-order valence-electron chi connectivity index (χ4n) is 5.16. The molecule has 2 amide bonds. The molecule has 1 aromatic carbocycles. The first-order chi connectivity index (χ1) is 18.6. The fraction of sp³-hybridized carbons (Fsp3) is 0.500. The summed E-state index contributed by atoms with van der Waals surface area (Å²) < 4.78 is 19.4. The molecule has 1 saturated heterocycles. The number of amides is 2. The zero-order valence-electron chi connectivity index (χ0n) is 23.0. The summed E-state index contributed by atoms with van der Waals surface area (Å²) in [5.41, 5.74) is 1.65. The van der Waals surface area contributed by atoms with Crippen molar-refractivity contribution in [3.63, 3.8) is 0 Å². The van der Waals surface area contributed by atoms with E-state index in [-0.39, 0.29) is 24.3 Å². The second-order valence-electron chi connectivity index (χ2n) is 11.0. The van der Waals surface area contributed by atoms with Crippen molar-refractivity contribution in [1.82, 2.24) is 19.7 Å². The van der Waals surface area contributed by atoms with Crippen LogP contribution in [-0.2, 0) is 9.53 Å². The number of rotatable bonds is 5. The molecule has 0 aliphatic carbocycles. The Bertz CT molecular complexity index is 1420. The molecule has 0 saturated carbocycles. The second-order valence-corrected chi connectivity index (χ2v) is 11.4. The van der Waals surface area contributed by atoms with Crippen molar-refractivity contribution in [3.05, 3.63) is 35.1 Å². The fourth-order valence-corrected chi connectivity index (χ4v) is 5.31. The summed E-state index contributed by atoms with van der Waals surface area (Å²) in [5, 5.41) is 5.86. The number of carbonyl (C=O) groups excluding carboxylic acids is 2. The van der Waals surface area contributed by atoms with Crippen LogP contribution in [0.1, 0.15) is 57.9 Å². The van der Waals surface area contributed by atoms with Crippen molar-refractivity contribution in [2.75, 3.05) is 38.8 Å². The molecular weight excluding hydrogens is 522 g/mol. The summed E-state index contributed by atoms with van der Waals surface area (Å²) in [6.07, 6.45) is 4.53. The van der Waals surface area contributed by atoms with Crippen molar-refractivity contribution >= 4 is 40.3 Å². The molecule has 0 bridgehead atoms. The number of urea groups is 1. The van der Waals surface area contributed by atoms with Gasteiger partial charge in [0.15, 0.2) is 5.82 Å². The summed E-state index contributed by atoms with van der Waals surface area (Å²) in [4.78, 5) is 33.1. The van der Waals surface area contributed by atoms with Gasteiger partial charge in [0, 0.05) is 44.0 Å². The number of likely N-dealkylation sites (N-methyl/N-ethyl adjacent to an activating group) is 1. The number of hydrogen-bond donors (Lipinski definition) is 0. The lowest BCUT2D eigenvalue weighted by atomic mass is 9.88. The number of hydrogen-bond acceptors (Lipinski definition) is 7. The SMILES string of the molecule is COc1cc2c(cc1-n1nc(N3CCN(C)C3=O)c3cnc(Cl)cc31)OCCCCC2CC(=O)OC(C)(C)C. The first-order valence-electron chi connectivity index (χ1n) is 13.2. The molecule has 2 aromatic heterocycles. The first-order valence-corrected chi connectivity index (χ1v) is 13.6. The van der Waals surface area contributed by atoms with E-state index in [1.807, 2.05) is 32.9 Å². The van der Waals surface area contributed by atoms with Gasteiger partial charge in [0.1, 0.15) is 27.9 Å². The average Bonchev–Trinajstić information content (AvgIpc) is 3.39. The molecule has 11 heteroatoms. The van der Waals surface area contributed by atoms with Gasteiger partial charge in [-0.3, -0.25) is 9.69 Å². The highest BCUT2D eigenvalue weighted by Crippen LogP contribution is 2.42. The molecule has 10 nitrogen and oxygen atoms in total. The van der Waals surface area contributed by atoms with E-state index in [4.69, 9.17) is 30.9 Å². The van der Waals surface area contributed by atoms with Crippen molar-refractivity contribution in [3.8, 4) is 17.2 Å². The van der Waals surface area contributed by atoms with Crippen LogP contribution in [0.3, 0.4) is 0 Å². The lowest BCUT2D eigenvalue weighted by molar-refractivity contribution is -0.155. The minimum atomic E-state index is -0.555. The van der Waals surface area contributed by atoms with Gasteiger partial charge in [0.05, 0.1) is 31.0 Å². The molecule has 4 heterocycles. The highest BCUT2D eigenvalue weighted by molar-refractivity contribution is 6.30. The molecule has 3 aromatic rings. The number of methoxy groups -OCH3 is 1. The number of pyridine rings is 1. The number of aromatic nitrogens is 3. The maximum absolute atomic E-state index is 12.8. The zero-order valence-corrected chi connectivity index (χ0v) is 23.7. The van der Waals surface area contributed by atoms with Crippen LogP contribution in [0.15, 0.2) is 24.4 Å². The Labute approximate surface area is 232 Å². The van der Waals surface area contributed by atoms with E-state index < -0.39 is 5.60 Å². The normalized spacial score (nSPS) is 18.0. The molecule has 1 unspecified atom stereocenters. The number of nitrogens with zero attached hydrogens (tertiary/aromatic N) is 5. The van der Waals surface area contributed by atoms with Crippen LogP contribution in [0, 0.1) is 0 Å². The maximum atomic E-state index is 12.8. The number of ether oxygens (including phenoxy) is 3. The monoisotopic (exact) mass is 555 g/mol. The first kappa shape index (κ1) is 27.1. The van der Waals surface area contributed by atoms with E-state index >= 15 is 0 Å². The molecule has 0 N–H and O–H groups in total. The van der Waals surface area contributed by atoms with Crippen molar-refractivity contribution in [1.29, 1.82) is 0 Å². The van der Waals surface area contributed by atoms with Crippen LogP contribution in [0.25, 0.3) is 16.6 Å². The lowest BCUT2D eigenvalue weighted by Crippen LogP contribution is -2.29. The summed E-state index contributed by atoms with van der Waals surface area (Å²) in [7, 11) is 3.36. The molecular formula is C28H34ClN5O5. The van der Waals surface area contributed by atoms with Crippen molar-refractivity contribution in [2.24, 2.45) is 0 Å². The third kappa shape index (κ3) is 5.48. The van der Waals surface area contributed by atoms with Crippen LogP contribution in [0.5, 0.6) is 11.5 Å². The minimum Gasteiger partial charge on any atom is -0.494 e. The number of anilines is 1. The topological polar surface area (TPSA) is 99.0 Å². The molecule has 208 valence electrons. The summed E-state index contributed by atoms with van der Waals surface area (Å²) >= 11 is 6.30. The summed E-state index contributed by atoms with van der Waals surface area (Å²) in [6, 6.07) is 5.41. The Kier molecular flexibility index (Phi) is 7.33. The van der Waals surface area contributed by atoms with Gasteiger partial charge in [-0.15, -0.1) is 5.10 Å². The van der Waals surface area contributed by atoms with E-state index in [2.05, 4.69) is 4.98 Å². The Morgan fingerprint density at radius 1 is 1.21 bits per heavy atom. The second kappa shape index (κ2) is 10.6. The Balaban J connectivity index is 1.62. The Morgan fingerprint density at radius 3 is 2.69 bits per heavy atom. The molecule has 2 aliphatic heterocycles. The molecule has 1 fully saturated rings. The quantitative estimate of drug-likeness (QED) is 0.310. The standard InChI is InChI=1S/C28H34ClN5O5/c1-28(2,3)39-25(35)12-17-8-6-7-11-38-22-14-21(23(37-5)13-18(17)22)34-20-15-24(29)30-16-19(20)26(31-34)33-10-9-32(4)27(33)36/h13-17H,6-12H2,1-5H3. The summed E-state index contributed by atoms with van der Waals surface area (Å²) in [6.45, 7) is 7.28. The average molecular weight is 556 g/mol. The number of halogens is 1. The van der Waals surface area contributed by atoms with Gasteiger partial charge >= 0.3 is 12.0 Å².